The van der Waals surface area contributed by atoms with Gasteiger partial charge in [-0.2, -0.15) is 0 Å². The molecule has 0 saturated heterocycles. The maximum Gasteiger partial charge on any atom is 0.239 e. The van der Waals surface area contributed by atoms with Gasteiger partial charge in [-0.15, -0.1) is 0 Å². The van der Waals surface area contributed by atoms with Gasteiger partial charge in [-0.1, -0.05) is 38.1 Å². The van der Waals surface area contributed by atoms with E-state index < -0.39 is 5.54 Å². The number of benzene rings is 1. The number of amides is 1. The van der Waals surface area contributed by atoms with Crippen LogP contribution in [-0.4, -0.2) is 36.5 Å². The third kappa shape index (κ3) is 5.14. The summed E-state index contributed by atoms with van der Waals surface area (Å²) in [5.41, 5.74) is 1.92. The standard InChI is InChI=1S/C17H29N3O/c1-6-20(7-2)13-15-11-9-8-10-14(15)12-19-16(21)17(3,4)18-5/h8-11,18H,6-7,12-13H2,1-5H3,(H,19,21). The molecule has 21 heavy (non-hydrogen) atoms. The lowest BCUT2D eigenvalue weighted by atomic mass is 10.0. The van der Waals surface area contributed by atoms with E-state index in [-0.39, 0.29) is 5.91 Å². The second-order valence-electron chi connectivity index (χ2n) is 5.79. The molecule has 1 rings (SSSR count). The van der Waals surface area contributed by atoms with Crippen LogP contribution in [0.15, 0.2) is 24.3 Å². The lowest BCUT2D eigenvalue weighted by Gasteiger charge is -2.24. The Morgan fingerprint density at radius 1 is 1.14 bits per heavy atom. The highest BCUT2D eigenvalue weighted by Gasteiger charge is 2.24. The van der Waals surface area contributed by atoms with Crippen molar-refractivity contribution in [2.45, 2.75) is 46.3 Å². The zero-order valence-electron chi connectivity index (χ0n) is 14.0. The Balaban J connectivity index is 2.73. The van der Waals surface area contributed by atoms with Crippen LogP contribution in [0, 0.1) is 0 Å². The fraction of sp³-hybridized carbons (Fsp3) is 0.588. The van der Waals surface area contributed by atoms with E-state index in [0.29, 0.717) is 6.54 Å². The Labute approximate surface area is 128 Å². The molecule has 4 heteroatoms. The summed E-state index contributed by atoms with van der Waals surface area (Å²) >= 11 is 0. The van der Waals surface area contributed by atoms with Crippen molar-refractivity contribution < 1.29 is 4.79 Å². The van der Waals surface area contributed by atoms with E-state index >= 15 is 0 Å². The number of rotatable bonds is 8. The molecule has 0 aliphatic heterocycles. The number of likely N-dealkylation sites (N-methyl/N-ethyl adjacent to an activating group) is 1. The predicted molar refractivity (Wildman–Crippen MR) is 88.1 cm³/mol. The van der Waals surface area contributed by atoms with Gasteiger partial charge < -0.3 is 10.6 Å². The van der Waals surface area contributed by atoms with E-state index in [0.717, 1.165) is 19.6 Å². The third-order valence-corrected chi connectivity index (χ3v) is 4.04. The zero-order chi connectivity index (χ0) is 15.9. The largest absolute Gasteiger partial charge is 0.350 e. The van der Waals surface area contributed by atoms with Gasteiger partial charge in [0.25, 0.3) is 0 Å². The van der Waals surface area contributed by atoms with Gasteiger partial charge in [0.05, 0.1) is 5.54 Å². The molecule has 0 aromatic heterocycles. The molecule has 1 amide bonds. The molecule has 0 radical (unpaired) electrons. The Bertz CT molecular complexity index is 453. The monoisotopic (exact) mass is 291 g/mol. The van der Waals surface area contributed by atoms with Crippen LogP contribution >= 0.6 is 0 Å². The van der Waals surface area contributed by atoms with Gasteiger partial charge in [0, 0.05) is 13.1 Å². The van der Waals surface area contributed by atoms with Crippen LogP contribution in [-0.2, 0) is 17.9 Å². The lowest BCUT2D eigenvalue weighted by molar-refractivity contribution is -0.126. The van der Waals surface area contributed by atoms with Gasteiger partial charge in [0.2, 0.25) is 5.91 Å². The first-order valence-electron chi connectivity index (χ1n) is 7.71. The fourth-order valence-corrected chi connectivity index (χ4v) is 2.08. The maximum absolute atomic E-state index is 12.1. The number of carbonyl (C=O) groups is 1. The van der Waals surface area contributed by atoms with Crippen molar-refractivity contribution >= 4 is 5.91 Å². The highest BCUT2D eigenvalue weighted by molar-refractivity contribution is 5.85. The molecule has 0 heterocycles. The van der Waals surface area contributed by atoms with Crippen molar-refractivity contribution in [1.82, 2.24) is 15.5 Å². The average molecular weight is 291 g/mol. The number of hydrogen-bond donors (Lipinski definition) is 2. The summed E-state index contributed by atoms with van der Waals surface area (Å²) in [4.78, 5) is 14.5. The smallest absolute Gasteiger partial charge is 0.239 e. The fourth-order valence-electron chi connectivity index (χ4n) is 2.08. The lowest BCUT2D eigenvalue weighted by Crippen LogP contribution is -2.50. The van der Waals surface area contributed by atoms with Crippen LogP contribution in [0.5, 0.6) is 0 Å². The minimum absolute atomic E-state index is 0.0163. The molecule has 0 saturated carbocycles. The highest BCUT2D eigenvalue weighted by atomic mass is 16.2. The van der Waals surface area contributed by atoms with Crippen molar-refractivity contribution in [3.05, 3.63) is 35.4 Å². The Morgan fingerprint density at radius 2 is 1.71 bits per heavy atom. The second kappa shape index (κ2) is 8.15. The molecule has 0 aliphatic rings. The topological polar surface area (TPSA) is 44.4 Å². The normalized spacial score (nSPS) is 11.7. The van der Waals surface area contributed by atoms with Gasteiger partial charge in [-0.3, -0.25) is 9.69 Å². The van der Waals surface area contributed by atoms with E-state index in [1.165, 1.54) is 11.1 Å². The average Bonchev–Trinajstić information content (AvgIpc) is 2.50. The Kier molecular flexibility index (Phi) is 6.85. The summed E-state index contributed by atoms with van der Waals surface area (Å²) in [6.07, 6.45) is 0. The molecule has 0 fully saturated rings. The first-order chi connectivity index (χ1) is 9.94. The quantitative estimate of drug-likeness (QED) is 0.771. The first-order valence-corrected chi connectivity index (χ1v) is 7.71. The maximum atomic E-state index is 12.1. The molecule has 0 bridgehead atoms. The molecule has 0 aliphatic carbocycles. The number of hydrogen-bond acceptors (Lipinski definition) is 3. The molecule has 2 N–H and O–H groups in total. The molecular formula is C17H29N3O. The van der Waals surface area contributed by atoms with Crippen LogP contribution in [0.3, 0.4) is 0 Å². The van der Waals surface area contributed by atoms with E-state index in [2.05, 4.69) is 47.6 Å². The number of nitrogens with one attached hydrogen (secondary N) is 2. The molecule has 1 aromatic rings. The van der Waals surface area contributed by atoms with Crippen molar-refractivity contribution in [3.8, 4) is 0 Å². The first kappa shape index (κ1) is 17.7. The van der Waals surface area contributed by atoms with Crippen molar-refractivity contribution in [1.29, 1.82) is 0 Å². The summed E-state index contributed by atoms with van der Waals surface area (Å²) < 4.78 is 0. The van der Waals surface area contributed by atoms with Gasteiger partial charge in [-0.25, -0.2) is 0 Å². The summed E-state index contributed by atoms with van der Waals surface area (Å²) in [6.45, 7) is 11.7. The van der Waals surface area contributed by atoms with Crippen LogP contribution < -0.4 is 10.6 Å². The van der Waals surface area contributed by atoms with Crippen LogP contribution in [0.25, 0.3) is 0 Å². The molecule has 118 valence electrons. The van der Waals surface area contributed by atoms with Crippen LogP contribution in [0.2, 0.25) is 0 Å². The number of nitrogens with zero attached hydrogens (tertiary/aromatic N) is 1. The summed E-state index contributed by atoms with van der Waals surface area (Å²) in [5, 5.41) is 6.04. The summed E-state index contributed by atoms with van der Waals surface area (Å²) in [5.74, 6) is 0.0163. The van der Waals surface area contributed by atoms with Crippen molar-refractivity contribution in [2.75, 3.05) is 20.1 Å². The molecular weight excluding hydrogens is 262 g/mol. The molecule has 0 atom stereocenters. The Hall–Kier alpha value is -1.39. The van der Waals surface area contributed by atoms with E-state index in [4.69, 9.17) is 0 Å². The predicted octanol–water partition coefficient (Wildman–Crippen LogP) is 2.14. The van der Waals surface area contributed by atoms with Gasteiger partial charge in [-0.05, 0) is 45.1 Å². The highest BCUT2D eigenvalue weighted by Crippen LogP contribution is 2.12. The number of carbonyl (C=O) groups excluding carboxylic acids is 1. The molecule has 1 aromatic carbocycles. The summed E-state index contributed by atoms with van der Waals surface area (Å²) in [6, 6.07) is 8.31. The third-order valence-electron chi connectivity index (χ3n) is 4.04. The Morgan fingerprint density at radius 3 is 2.24 bits per heavy atom. The SMILES string of the molecule is CCN(CC)Cc1ccccc1CNC(=O)C(C)(C)NC. The minimum Gasteiger partial charge on any atom is -0.350 e. The van der Waals surface area contributed by atoms with Crippen LogP contribution in [0.4, 0.5) is 0 Å². The summed E-state index contributed by atoms with van der Waals surface area (Å²) in [7, 11) is 1.80. The van der Waals surface area contributed by atoms with Gasteiger partial charge in [0.15, 0.2) is 0 Å². The molecule has 0 unspecified atom stereocenters. The minimum atomic E-state index is -0.548. The van der Waals surface area contributed by atoms with E-state index in [1.54, 1.807) is 7.05 Å². The van der Waals surface area contributed by atoms with Gasteiger partial charge >= 0.3 is 0 Å². The van der Waals surface area contributed by atoms with Crippen molar-refractivity contribution in [3.63, 3.8) is 0 Å². The van der Waals surface area contributed by atoms with E-state index in [1.807, 2.05) is 19.9 Å². The van der Waals surface area contributed by atoms with Crippen LogP contribution in [0.1, 0.15) is 38.8 Å². The van der Waals surface area contributed by atoms with Gasteiger partial charge in [0.1, 0.15) is 0 Å². The van der Waals surface area contributed by atoms with E-state index in [9.17, 15) is 4.79 Å². The second-order valence-corrected chi connectivity index (χ2v) is 5.79. The zero-order valence-corrected chi connectivity index (χ0v) is 14.0. The molecule has 0 spiro atoms. The molecule has 4 nitrogen and oxygen atoms in total. The van der Waals surface area contributed by atoms with Crippen molar-refractivity contribution in [2.24, 2.45) is 0 Å².